The van der Waals surface area contributed by atoms with Gasteiger partial charge in [-0.05, 0) is 30.5 Å². The Morgan fingerprint density at radius 1 is 1.32 bits per heavy atom. The summed E-state index contributed by atoms with van der Waals surface area (Å²) in [6, 6.07) is 7.14. The topological polar surface area (TPSA) is 66.8 Å². The highest BCUT2D eigenvalue weighted by Crippen LogP contribution is 2.25. The van der Waals surface area contributed by atoms with Crippen LogP contribution in [0.5, 0.6) is 5.75 Å². The van der Waals surface area contributed by atoms with Crippen LogP contribution in [-0.4, -0.2) is 41.6 Å². The van der Waals surface area contributed by atoms with E-state index >= 15 is 0 Å². The minimum absolute atomic E-state index is 0.0103. The molecule has 19 heavy (non-hydrogen) atoms. The quantitative estimate of drug-likeness (QED) is 0.840. The first-order chi connectivity index (χ1) is 9.06. The summed E-state index contributed by atoms with van der Waals surface area (Å²) < 4.78 is 5.39. The number of carbonyl (C=O) groups excluding carboxylic acids is 1. The van der Waals surface area contributed by atoms with Crippen molar-refractivity contribution in [1.82, 2.24) is 4.90 Å². The minimum Gasteiger partial charge on any atom is -0.484 e. The zero-order chi connectivity index (χ0) is 13.8. The maximum absolute atomic E-state index is 11.7. The molecule has 1 saturated carbocycles. The second-order valence-electron chi connectivity index (χ2n) is 4.74. The van der Waals surface area contributed by atoms with Crippen molar-refractivity contribution in [2.24, 2.45) is 0 Å². The highest BCUT2D eigenvalue weighted by molar-refractivity contribution is 5.78. The molecule has 1 aliphatic carbocycles. The molecule has 1 aromatic carbocycles. The first kappa shape index (κ1) is 13.4. The highest BCUT2D eigenvalue weighted by atomic mass is 16.5. The summed E-state index contributed by atoms with van der Waals surface area (Å²) in [6.07, 6.45) is 2.14. The second-order valence-corrected chi connectivity index (χ2v) is 4.74. The van der Waals surface area contributed by atoms with Gasteiger partial charge in [-0.1, -0.05) is 12.1 Å². The summed E-state index contributed by atoms with van der Waals surface area (Å²) in [6.45, 7) is 0.0191. The Kier molecular flexibility index (Phi) is 4.04. The predicted octanol–water partition coefficient (Wildman–Crippen LogP) is 1.31. The molecule has 0 radical (unpaired) electrons. The SMILES string of the molecule is CN(C(=O)COc1ccc(CC(=O)O)cc1)C1CC1. The number of carbonyl (C=O) groups is 2. The number of hydrogen-bond donors (Lipinski definition) is 1. The van der Waals surface area contributed by atoms with Crippen LogP contribution in [0, 0.1) is 0 Å². The Morgan fingerprint density at radius 3 is 2.47 bits per heavy atom. The molecule has 1 aliphatic rings. The molecule has 0 saturated heterocycles. The monoisotopic (exact) mass is 263 g/mol. The summed E-state index contributed by atoms with van der Waals surface area (Å²) in [5.41, 5.74) is 0.710. The maximum Gasteiger partial charge on any atom is 0.307 e. The van der Waals surface area contributed by atoms with Gasteiger partial charge in [0.15, 0.2) is 6.61 Å². The number of carboxylic acid groups (broad SMARTS) is 1. The molecule has 1 amide bonds. The van der Waals surface area contributed by atoms with Gasteiger partial charge in [-0.15, -0.1) is 0 Å². The number of likely N-dealkylation sites (N-methyl/N-ethyl adjacent to an activating group) is 1. The summed E-state index contributed by atoms with van der Waals surface area (Å²) in [5.74, 6) is -0.321. The number of amides is 1. The molecular formula is C14H17NO4. The van der Waals surface area contributed by atoms with Gasteiger partial charge < -0.3 is 14.7 Å². The van der Waals surface area contributed by atoms with Crippen LogP contribution >= 0.6 is 0 Å². The van der Waals surface area contributed by atoms with Gasteiger partial charge in [0, 0.05) is 13.1 Å². The molecular weight excluding hydrogens is 246 g/mol. The molecule has 2 rings (SSSR count). The molecule has 1 fully saturated rings. The minimum atomic E-state index is -0.866. The van der Waals surface area contributed by atoms with Crippen molar-refractivity contribution in [3.63, 3.8) is 0 Å². The number of ether oxygens (including phenoxy) is 1. The molecule has 0 heterocycles. The zero-order valence-corrected chi connectivity index (χ0v) is 10.8. The number of carboxylic acids is 1. The Labute approximate surface area is 111 Å². The lowest BCUT2D eigenvalue weighted by molar-refractivity contribution is -0.136. The summed E-state index contributed by atoms with van der Waals surface area (Å²) >= 11 is 0. The Balaban J connectivity index is 1.82. The Bertz CT molecular complexity index is 465. The maximum atomic E-state index is 11.7. The molecule has 5 nitrogen and oxygen atoms in total. The van der Waals surface area contributed by atoms with E-state index in [4.69, 9.17) is 9.84 Å². The lowest BCUT2D eigenvalue weighted by Crippen LogP contribution is -2.33. The van der Waals surface area contributed by atoms with Crippen molar-refractivity contribution in [3.8, 4) is 5.75 Å². The van der Waals surface area contributed by atoms with Crippen molar-refractivity contribution in [1.29, 1.82) is 0 Å². The third kappa shape index (κ3) is 3.98. The van der Waals surface area contributed by atoms with E-state index in [0.29, 0.717) is 17.4 Å². The average molecular weight is 263 g/mol. The van der Waals surface area contributed by atoms with E-state index in [1.54, 1.807) is 36.2 Å². The van der Waals surface area contributed by atoms with Gasteiger partial charge in [-0.3, -0.25) is 9.59 Å². The van der Waals surface area contributed by atoms with E-state index in [0.717, 1.165) is 12.8 Å². The van der Waals surface area contributed by atoms with E-state index < -0.39 is 5.97 Å². The number of nitrogens with zero attached hydrogens (tertiary/aromatic N) is 1. The molecule has 5 heteroatoms. The normalized spacial score (nSPS) is 13.9. The van der Waals surface area contributed by atoms with Crippen molar-refractivity contribution < 1.29 is 19.4 Å². The lowest BCUT2D eigenvalue weighted by Gasteiger charge is -2.16. The molecule has 1 aromatic rings. The number of aliphatic carboxylic acids is 1. The summed E-state index contributed by atoms with van der Waals surface area (Å²) in [5, 5.41) is 8.65. The van der Waals surface area contributed by atoms with Gasteiger partial charge in [0.1, 0.15) is 5.75 Å². The van der Waals surface area contributed by atoms with Gasteiger partial charge >= 0.3 is 5.97 Å². The van der Waals surface area contributed by atoms with Gasteiger partial charge in [0.25, 0.3) is 5.91 Å². The largest absolute Gasteiger partial charge is 0.484 e. The smallest absolute Gasteiger partial charge is 0.307 e. The van der Waals surface area contributed by atoms with Crippen molar-refractivity contribution in [3.05, 3.63) is 29.8 Å². The van der Waals surface area contributed by atoms with Crippen LogP contribution in [-0.2, 0) is 16.0 Å². The Morgan fingerprint density at radius 2 is 1.95 bits per heavy atom. The predicted molar refractivity (Wildman–Crippen MR) is 69.1 cm³/mol. The summed E-state index contributed by atoms with van der Waals surface area (Å²) in [4.78, 5) is 24.0. The second kappa shape index (κ2) is 5.73. The molecule has 0 aliphatic heterocycles. The lowest BCUT2D eigenvalue weighted by atomic mass is 10.1. The van der Waals surface area contributed by atoms with E-state index in [9.17, 15) is 9.59 Å². The standard InChI is InChI=1S/C14H17NO4/c1-15(11-4-5-11)13(16)9-19-12-6-2-10(3-7-12)8-14(17)18/h2-3,6-7,11H,4-5,8-9H2,1H3,(H,17,18). The molecule has 0 unspecified atom stereocenters. The fraction of sp³-hybridized carbons (Fsp3) is 0.429. The number of rotatable bonds is 6. The van der Waals surface area contributed by atoms with Crippen molar-refractivity contribution in [2.45, 2.75) is 25.3 Å². The van der Waals surface area contributed by atoms with Gasteiger partial charge in [-0.2, -0.15) is 0 Å². The third-order valence-electron chi connectivity index (χ3n) is 3.13. The van der Waals surface area contributed by atoms with E-state index in [1.165, 1.54) is 0 Å². The zero-order valence-electron chi connectivity index (χ0n) is 10.8. The van der Waals surface area contributed by atoms with Crippen LogP contribution in [0.2, 0.25) is 0 Å². The van der Waals surface area contributed by atoms with E-state index in [1.807, 2.05) is 0 Å². The fourth-order valence-electron chi connectivity index (χ4n) is 1.79. The fourth-order valence-corrected chi connectivity index (χ4v) is 1.79. The van der Waals surface area contributed by atoms with Crippen molar-refractivity contribution >= 4 is 11.9 Å². The van der Waals surface area contributed by atoms with Crippen molar-refractivity contribution in [2.75, 3.05) is 13.7 Å². The van der Waals surface area contributed by atoms with Crippen LogP contribution in [0.3, 0.4) is 0 Å². The van der Waals surface area contributed by atoms with Crippen LogP contribution < -0.4 is 4.74 Å². The first-order valence-corrected chi connectivity index (χ1v) is 6.25. The third-order valence-corrected chi connectivity index (χ3v) is 3.13. The van der Waals surface area contributed by atoms with Gasteiger partial charge in [0.2, 0.25) is 0 Å². The van der Waals surface area contributed by atoms with Crippen LogP contribution in [0.4, 0.5) is 0 Å². The van der Waals surface area contributed by atoms with Crippen LogP contribution in [0.15, 0.2) is 24.3 Å². The number of hydrogen-bond acceptors (Lipinski definition) is 3. The highest BCUT2D eigenvalue weighted by Gasteiger charge is 2.29. The first-order valence-electron chi connectivity index (χ1n) is 6.25. The molecule has 0 spiro atoms. The van der Waals surface area contributed by atoms with E-state index in [-0.39, 0.29) is 18.9 Å². The summed E-state index contributed by atoms with van der Waals surface area (Å²) in [7, 11) is 1.79. The van der Waals surface area contributed by atoms with Gasteiger partial charge in [0.05, 0.1) is 6.42 Å². The average Bonchev–Trinajstić information content (AvgIpc) is 3.20. The van der Waals surface area contributed by atoms with Crippen LogP contribution in [0.1, 0.15) is 18.4 Å². The molecule has 0 atom stereocenters. The van der Waals surface area contributed by atoms with Crippen LogP contribution in [0.25, 0.3) is 0 Å². The Hall–Kier alpha value is -2.04. The molecule has 0 bridgehead atoms. The molecule has 0 aromatic heterocycles. The van der Waals surface area contributed by atoms with E-state index in [2.05, 4.69) is 0 Å². The number of benzene rings is 1. The molecule has 102 valence electrons. The van der Waals surface area contributed by atoms with Gasteiger partial charge in [-0.25, -0.2) is 0 Å². The molecule has 1 N–H and O–H groups in total.